The first-order valence-electron chi connectivity index (χ1n) is 7.64. The molecule has 2 aliphatic rings. The molecule has 0 heterocycles. The summed E-state index contributed by atoms with van der Waals surface area (Å²) in [4.78, 5) is 13.6. The van der Waals surface area contributed by atoms with Crippen molar-refractivity contribution >= 4 is 5.91 Å². The van der Waals surface area contributed by atoms with Crippen molar-refractivity contribution in [2.45, 2.75) is 52.9 Å². The van der Waals surface area contributed by atoms with E-state index in [1.54, 1.807) is 6.92 Å². The van der Waals surface area contributed by atoms with Crippen LogP contribution in [0.1, 0.15) is 52.9 Å². The third-order valence-corrected chi connectivity index (χ3v) is 4.54. The summed E-state index contributed by atoms with van der Waals surface area (Å²) >= 11 is 0. The van der Waals surface area contributed by atoms with Crippen LogP contribution in [0, 0.1) is 11.8 Å². The molecule has 106 valence electrons. The maximum absolute atomic E-state index is 11.6. The Morgan fingerprint density at radius 3 is 2.63 bits per heavy atom. The highest BCUT2D eigenvalue weighted by Crippen LogP contribution is 2.30. The first-order valence-corrected chi connectivity index (χ1v) is 7.64. The smallest absolute Gasteiger partial charge is 0.219 e. The molecule has 0 N–H and O–H groups in total. The molecule has 1 saturated carbocycles. The van der Waals surface area contributed by atoms with Gasteiger partial charge in [0.05, 0.1) is 0 Å². The van der Waals surface area contributed by atoms with Gasteiger partial charge >= 0.3 is 0 Å². The van der Waals surface area contributed by atoms with Crippen molar-refractivity contribution < 1.29 is 4.79 Å². The molecular weight excluding hydrogens is 234 g/mol. The molecule has 0 aromatic carbocycles. The molecule has 2 aliphatic carbocycles. The van der Waals surface area contributed by atoms with E-state index in [2.05, 4.69) is 26.0 Å². The van der Waals surface area contributed by atoms with Crippen LogP contribution < -0.4 is 0 Å². The minimum Gasteiger partial charge on any atom is -0.339 e. The predicted octanol–water partition coefficient (Wildman–Crippen LogP) is 3.94. The van der Waals surface area contributed by atoms with E-state index in [0.717, 1.165) is 19.0 Å². The number of carbonyl (C=O) groups excluding carboxylic acids is 1. The van der Waals surface area contributed by atoms with E-state index in [1.165, 1.54) is 43.3 Å². The number of nitrogens with zero attached hydrogens (tertiary/aromatic N) is 1. The summed E-state index contributed by atoms with van der Waals surface area (Å²) < 4.78 is 0. The fourth-order valence-electron chi connectivity index (χ4n) is 2.74. The van der Waals surface area contributed by atoms with Crippen molar-refractivity contribution in [1.29, 1.82) is 0 Å². The molecule has 19 heavy (non-hydrogen) atoms. The molecular formula is C17H27NO. The van der Waals surface area contributed by atoms with Gasteiger partial charge in [-0.2, -0.15) is 0 Å². The molecule has 0 radical (unpaired) electrons. The number of hydrogen-bond acceptors (Lipinski definition) is 1. The van der Waals surface area contributed by atoms with E-state index in [4.69, 9.17) is 0 Å². The van der Waals surface area contributed by atoms with Gasteiger partial charge in [0.1, 0.15) is 0 Å². The van der Waals surface area contributed by atoms with E-state index in [9.17, 15) is 4.79 Å². The van der Waals surface area contributed by atoms with Gasteiger partial charge in [0.15, 0.2) is 0 Å². The first kappa shape index (κ1) is 14.4. The van der Waals surface area contributed by atoms with Crippen LogP contribution in [0.2, 0.25) is 0 Å². The Hall–Kier alpha value is -1.05. The van der Waals surface area contributed by atoms with E-state index in [-0.39, 0.29) is 5.91 Å². The zero-order valence-electron chi connectivity index (χ0n) is 12.6. The zero-order valence-corrected chi connectivity index (χ0v) is 12.6. The van der Waals surface area contributed by atoms with Crippen molar-refractivity contribution in [2.75, 3.05) is 13.1 Å². The van der Waals surface area contributed by atoms with Crippen LogP contribution in [0.25, 0.3) is 0 Å². The van der Waals surface area contributed by atoms with Crippen molar-refractivity contribution in [3.8, 4) is 0 Å². The minimum absolute atomic E-state index is 0.218. The van der Waals surface area contributed by atoms with Crippen molar-refractivity contribution in [3.63, 3.8) is 0 Å². The molecule has 1 fully saturated rings. The summed E-state index contributed by atoms with van der Waals surface area (Å²) in [6.07, 6.45) is 10.9. The highest BCUT2D eigenvalue weighted by atomic mass is 16.2. The van der Waals surface area contributed by atoms with Crippen LogP contribution in [0.15, 0.2) is 23.3 Å². The molecule has 1 atom stereocenters. The molecule has 0 spiro atoms. The first-order chi connectivity index (χ1) is 9.06. The van der Waals surface area contributed by atoms with Gasteiger partial charge in [-0.1, -0.05) is 23.3 Å². The maximum atomic E-state index is 11.6. The standard InChI is InChI=1S/C17H27NO/c1-13-4-8-17(9-5-13)14(2)10-11-18(15(3)19)12-16-6-7-16/h4,10,16-17H,5-9,11-12H2,1-3H3. The van der Waals surface area contributed by atoms with Crippen LogP contribution in [-0.4, -0.2) is 23.9 Å². The summed E-state index contributed by atoms with van der Waals surface area (Å²) in [6.45, 7) is 7.91. The van der Waals surface area contributed by atoms with Gasteiger partial charge in [-0.3, -0.25) is 4.79 Å². The number of amides is 1. The topological polar surface area (TPSA) is 20.3 Å². The fraction of sp³-hybridized carbons (Fsp3) is 0.706. The molecule has 2 nitrogen and oxygen atoms in total. The second-order valence-corrected chi connectivity index (χ2v) is 6.34. The second kappa shape index (κ2) is 6.40. The number of allylic oxidation sites excluding steroid dienone is 3. The summed E-state index contributed by atoms with van der Waals surface area (Å²) in [5.41, 5.74) is 2.99. The van der Waals surface area contributed by atoms with Gasteiger partial charge in [0.2, 0.25) is 5.91 Å². The Morgan fingerprint density at radius 2 is 2.11 bits per heavy atom. The molecule has 0 bridgehead atoms. The largest absolute Gasteiger partial charge is 0.339 e. The highest BCUT2D eigenvalue weighted by Gasteiger charge is 2.25. The van der Waals surface area contributed by atoms with E-state index < -0.39 is 0 Å². The predicted molar refractivity (Wildman–Crippen MR) is 79.8 cm³/mol. The van der Waals surface area contributed by atoms with E-state index >= 15 is 0 Å². The lowest BCUT2D eigenvalue weighted by Gasteiger charge is -2.23. The van der Waals surface area contributed by atoms with Crippen LogP contribution in [0.5, 0.6) is 0 Å². The number of carbonyl (C=O) groups is 1. The molecule has 0 aromatic heterocycles. The van der Waals surface area contributed by atoms with Crippen LogP contribution in [0.4, 0.5) is 0 Å². The molecule has 0 saturated heterocycles. The summed E-state index contributed by atoms with van der Waals surface area (Å²) in [5.74, 6) is 1.69. The Bertz CT molecular complexity index is 390. The Balaban J connectivity index is 1.86. The minimum atomic E-state index is 0.218. The fourth-order valence-corrected chi connectivity index (χ4v) is 2.74. The van der Waals surface area contributed by atoms with E-state index in [0.29, 0.717) is 5.92 Å². The molecule has 0 aliphatic heterocycles. The van der Waals surface area contributed by atoms with Crippen LogP contribution >= 0.6 is 0 Å². The van der Waals surface area contributed by atoms with Gasteiger partial charge in [0.25, 0.3) is 0 Å². The third kappa shape index (κ3) is 4.52. The lowest BCUT2D eigenvalue weighted by molar-refractivity contribution is -0.128. The average molecular weight is 261 g/mol. The third-order valence-electron chi connectivity index (χ3n) is 4.54. The van der Waals surface area contributed by atoms with Crippen LogP contribution in [0.3, 0.4) is 0 Å². The normalized spacial score (nSPS) is 24.1. The lowest BCUT2D eigenvalue weighted by atomic mass is 9.85. The van der Waals surface area contributed by atoms with Gasteiger partial charge in [-0.05, 0) is 57.8 Å². The van der Waals surface area contributed by atoms with E-state index in [1.807, 2.05) is 4.90 Å². The van der Waals surface area contributed by atoms with Crippen molar-refractivity contribution in [2.24, 2.45) is 11.8 Å². The second-order valence-electron chi connectivity index (χ2n) is 6.34. The SMILES string of the molecule is CC(=O)N(CC=C(C)C1CC=C(C)CC1)CC1CC1. The number of hydrogen-bond donors (Lipinski definition) is 0. The average Bonchev–Trinajstić information content (AvgIpc) is 3.18. The van der Waals surface area contributed by atoms with Crippen molar-refractivity contribution in [1.82, 2.24) is 4.90 Å². The lowest BCUT2D eigenvalue weighted by Crippen LogP contribution is -2.31. The maximum Gasteiger partial charge on any atom is 0.219 e. The highest BCUT2D eigenvalue weighted by molar-refractivity contribution is 5.73. The number of rotatable bonds is 5. The molecule has 2 heteroatoms. The van der Waals surface area contributed by atoms with Crippen LogP contribution in [-0.2, 0) is 4.79 Å². The molecule has 1 amide bonds. The van der Waals surface area contributed by atoms with Gasteiger partial charge in [-0.15, -0.1) is 0 Å². The monoisotopic (exact) mass is 261 g/mol. The van der Waals surface area contributed by atoms with Gasteiger partial charge in [0, 0.05) is 20.0 Å². The molecule has 1 unspecified atom stereocenters. The Labute approximate surface area is 117 Å². The molecule has 2 rings (SSSR count). The Morgan fingerprint density at radius 1 is 1.37 bits per heavy atom. The Kier molecular flexibility index (Phi) is 4.84. The van der Waals surface area contributed by atoms with Gasteiger partial charge < -0.3 is 4.90 Å². The van der Waals surface area contributed by atoms with Crippen molar-refractivity contribution in [3.05, 3.63) is 23.3 Å². The zero-order chi connectivity index (χ0) is 13.8. The molecule has 0 aromatic rings. The van der Waals surface area contributed by atoms with Gasteiger partial charge in [-0.25, -0.2) is 0 Å². The summed E-state index contributed by atoms with van der Waals surface area (Å²) in [7, 11) is 0. The summed E-state index contributed by atoms with van der Waals surface area (Å²) in [5, 5.41) is 0. The summed E-state index contributed by atoms with van der Waals surface area (Å²) in [6, 6.07) is 0. The quantitative estimate of drug-likeness (QED) is 0.686.